The second-order valence-electron chi connectivity index (χ2n) is 4.72. The van der Waals surface area contributed by atoms with E-state index in [0.717, 1.165) is 18.4 Å². The molecule has 1 amide bonds. The lowest BCUT2D eigenvalue weighted by molar-refractivity contribution is -0.119. The Kier molecular flexibility index (Phi) is 6.02. The van der Waals surface area contributed by atoms with Crippen LogP contribution < -0.4 is 11.1 Å². The molecule has 2 atom stereocenters. The summed E-state index contributed by atoms with van der Waals surface area (Å²) in [5.41, 5.74) is 7.16. The number of nitrogens with one attached hydrogen (secondary N) is 1. The van der Waals surface area contributed by atoms with Gasteiger partial charge in [0.1, 0.15) is 5.75 Å². The number of benzene rings is 1. The molecule has 106 valence electrons. The highest BCUT2D eigenvalue weighted by Crippen LogP contribution is 2.19. The molecule has 0 aliphatic carbocycles. The number of rotatable bonds is 6. The second-order valence-corrected chi connectivity index (χ2v) is 6.14. The minimum atomic E-state index is -1.35. The van der Waals surface area contributed by atoms with E-state index < -0.39 is 10.8 Å². The fourth-order valence-corrected chi connectivity index (χ4v) is 3.06. The van der Waals surface area contributed by atoms with Crippen molar-refractivity contribution in [3.8, 4) is 0 Å². The van der Waals surface area contributed by atoms with Gasteiger partial charge in [0.2, 0.25) is 5.91 Å². The van der Waals surface area contributed by atoms with Gasteiger partial charge < -0.3 is 11.1 Å². The predicted octanol–water partition coefficient (Wildman–Crippen LogP) is 1.99. The summed E-state index contributed by atoms with van der Waals surface area (Å²) in [6, 6.07) is 5.40. The van der Waals surface area contributed by atoms with Crippen LogP contribution in [0.2, 0.25) is 0 Å². The summed E-state index contributed by atoms with van der Waals surface area (Å²) < 4.78 is 12.2. The SMILES string of the molecule is CCCC(C)NC(=O)CS(=O)c1cccc(N)c1C. The van der Waals surface area contributed by atoms with Gasteiger partial charge in [0, 0.05) is 16.6 Å². The molecule has 0 aromatic heterocycles. The Morgan fingerprint density at radius 2 is 2.16 bits per heavy atom. The molecule has 1 rings (SSSR count). The molecule has 0 heterocycles. The van der Waals surface area contributed by atoms with Gasteiger partial charge in [-0.2, -0.15) is 0 Å². The van der Waals surface area contributed by atoms with Gasteiger partial charge in [0.25, 0.3) is 0 Å². The monoisotopic (exact) mass is 282 g/mol. The summed E-state index contributed by atoms with van der Waals surface area (Å²) in [6.45, 7) is 5.84. The quantitative estimate of drug-likeness (QED) is 0.784. The zero-order chi connectivity index (χ0) is 14.4. The van der Waals surface area contributed by atoms with E-state index in [2.05, 4.69) is 12.2 Å². The lowest BCUT2D eigenvalue weighted by Gasteiger charge is -2.13. The number of carbonyl (C=O) groups excluding carboxylic acids is 1. The minimum absolute atomic E-state index is 0.0155. The van der Waals surface area contributed by atoms with Crippen molar-refractivity contribution < 1.29 is 9.00 Å². The third-order valence-electron chi connectivity index (χ3n) is 2.96. The number of carbonyl (C=O) groups is 1. The van der Waals surface area contributed by atoms with E-state index in [0.29, 0.717) is 10.6 Å². The molecule has 0 radical (unpaired) electrons. The lowest BCUT2D eigenvalue weighted by Crippen LogP contribution is -2.35. The fourth-order valence-electron chi connectivity index (χ4n) is 1.90. The number of nitrogens with two attached hydrogens (primary N) is 1. The molecule has 1 aromatic rings. The van der Waals surface area contributed by atoms with Crippen molar-refractivity contribution in [1.29, 1.82) is 0 Å². The highest BCUT2D eigenvalue weighted by molar-refractivity contribution is 7.85. The maximum Gasteiger partial charge on any atom is 0.233 e. The Labute approximate surface area is 117 Å². The van der Waals surface area contributed by atoms with Crippen LogP contribution in [0, 0.1) is 6.92 Å². The highest BCUT2D eigenvalue weighted by Gasteiger charge is 2.14. The van der Waals surface area contributed by atoms with Crippen molar-refractivity contribution in [2.75, 3.05) is 11.5 Å². The van der Waals surface area contributed by atoms with Crippen LogP contribution in [0.5, 0.6) is 0 Å². The summed E-state index contributed by atoms with van der Waals surface area (Å²) in [7, 11) is -1.35. The molecule has 4 nitrogen and oxygen atoms in total. The zero-order valence-corrected chi connectivity index (χ0v) is 12.5. The van der Waals surface area contributed by atoms with Gasteiger partial charge in [-0.15, -0.1) is 0 Å². The first kappa shape index (κ1) is 15.7. The van der Waals surface area contributed by atoms with Crippen molar-refractivity contribution in [3.63, 3.8) is 0 Å². The lowest BCUT2D eigenvalue weighted by atomic mass is 10.2. The highest BCUT2D eigenvalue weighted by atomic mass is 32.2. The van der Waals surface area contributed by atoms with Crippen LogP contribution >= 0.6 is 0 Å². The first-order valence-electron chi connectivity index (χ1n) is 6.48. The Hall–Kier alpha value is -1.36. The standard InChI is InChI=1S/C14H22N2O2S/c1-4-6-10(2)16-14(17)9-19(18)13-8-5-7-12(15)11(13)3/h5,7-8,10H,4,6,9,15H2,1-3H3,(H,16,17). The van der Waals surface area contributed by atoms with E-state index in [9.17, 15) is 9.00 Å². The number of nitrogen functional groups attached to an aromatic ring is 1. The van der Waals surface area contributed by atoms with E-state index in [1.54, 1.807) is 18.2 Å². The van der Waals surface area contributed by atoms with Gasteiger partial charge in [-0.25, -0.2) is 0 Å². The number of hydrogen-bond donors (Lipinski definition) is 2. The topological polar surface area (TPSA) is 72.2 Å². The third kappa shape index (κ3) is 4.67. The van der Waals surface area contributed by atoms with E-state index in [-0.39, 0.29) is 17.7 Å². The molecule has 0 spiro atoms. The molecule has 1 aromatic carbocycles. The molecular weight excluding hydrogens is 260 g/mol. The van der Waals surface area contributed by atoms with Gasteiger partial charge in [-0.1, -0.05) is 19.4 Å². The van der Waals surface area contributed by atoms with E-state index in [1.165, 1.54) is 0 Å². The summed E-state index contributed by atoms with van der Waals surface area (Å²) in [4.78, 5) is 12.4. The van der Waals surface area contributed by atoms with Crippen LogP contribution in [-0.2, 0) is 15.6 Å². The van der Waals surface area contributed by atoms with Gasteiger partial charge in [0.05, 0.1) is 10.8 Å². The van der Waals surface area contributed by atoms with Crippen molar-refractivity contribution in [1.82, 2.24) is 5.32 Å². The molecule has 0 fully saturated rings. The second kappa shape index (κ2) is 7.28. The van der Waals surface area contributed by atoms with E-state index >= 15 is 0 Å². The molecule has 3 N–H and O–H groups in total. The summed E-state index contributed by atoms with van der Waals surface area (Å²) >= 11 is 0. The normalized spacial score (nSPS) is 13.8. The molecule has 0 aliphatic rings. The molecule has 0 bridgehead atoms. The van der Waals surface area contributed by atoms with Crippen molar-refractivity contribution in [2.45, 2.75) is 44.6 Å². The van der Waals surface area contributed by atoms with Crippen LogP contribution in [0.3, 0.4) is 0 Å². The molecule has 0 saturated carbocycles. The van der Waals surface area contributed by atoms with Crippen LogP contribution in [0.4, 0.5) is 5.69 Å². The van der Waals surface area contributed by atoms with Gasteiger partial charge in [-0.05, 0) is 38.0 Å². The average Bonchev–Trinajstić information content (AvgIpc) is 2.32. The molecule has 19 heavy (non-hydrogen) atoms. The predicted molar refractivity (Wildman–Crippen MR) is 79.4 cm³/mol. The summed E-state index contributed by atoms with van der Waals surface area (Å²) in [6.07, 6.45) is 1.94. The molecule has 0 saturated heterocycles. The zero-order valence-electron chi connectivity index (χ0n) is 11.7. The number of amides is 1. The average molecular weight is 282 g/mol. The Morgan fingerprint density at radius 3 is 2.79 bits per heavy atom. The Balaban J connectivity index is 2.64. The van der Waals surface area contributed by atoms with Gasteiger partial charge in [-0.3, -0.25) is 9.00 Å². The van der Waals surface area contributed by atoms with Crippen molar-refractivity contribution in [2.24, 2.45) is 0 Å². The van der Waals surface area contributed by atoms with Crippen LogP contribution in [0.15, 0.2) is 23.1 Å². The van der Waals surface area contributed by atoms with E-state index in [1.807, 2.05) is 13.8 Å². The van der Waals surface area contributed by atoms with Crippen molar-refractivity contribution >= 4 is 22.4 Å². The van der Waals surface area contributed by atoms with Crippen LogP contribution in [0.25, 0.3) is 0 Å². The fraction of sp³-hybridized carbons (Fsp3) is 0.500. The third-order valence-corrected chi connectivity index (χ3v) is 4.42. The smallest absolute Gasteiger partial charge is 0.233 e. The Bertz CT molecular complexity index is 475. The minimum Gasteiger partial charge on any atom is -0.398 e. The molecule has 5 heteroatoms. The van der Waals surface area contributed by atoms with Gasteiger partial charge >= 0.3 is 0 Å². The first-order chi connectivity index (χ1) is 8.95. The molecule has 2 unspecified atom stereocenters. The van der Waals surface area contributed by atoms with Crippen LogP contribution in [-0.4, -0.2) is 21.9 Å². The Morgan fingerprint density at radius 1 is 1.47 bits per heavy atom. The maximum atomic E-state index is 12.2. The van der Waals surface area contributed by atoms with E-state index in [4.69, 9.17) is 5.73 Å². The largest absolute Gasteiger partial charge is 0.398 e. The first-order valence-corrected chi connectivity index (χ1v) is 7.80. The summed E-state index contributed by atoms with van der Waals surface area (Å²) in [5.74, 6) is -0.195. The van der Waals surface area contributed by atoms with Crippen molar-refractivity contribution in [3.05, 3.63) is 23.8 Å². The molecule has 0 aliphatic heterocycles. The van der Waals surface area contributed by atoms with Crippen LogP contribution in [0.1, 0.15) is 32.3 Å². The summed E-state index contributed by atoms with van der Waals surface area (Å²) in [5, 5.41) is 2.85. The maximum absolute atomic E-state index is 12.2. The molecular formula is C14H22N2O2S. The van der Waals surface area contributed by atoms with Gasteiger partial charge in [0.15, 0.2) is 0 Å². The number of anilines is 1. The number of hydrogen-bond acceptors (Lipinski definition) is 3.